The molecular formula is C16H22F3NO. The molecular weight excluding hydrogens is 279 g/mol. The minimum absolute atomic E-state index is 0.203. The standard InChI is InChI=1S/C16H22F3NO/c1-4-5-10-20(11-12(2)3)15(21)13-6-8-14(9-7-13)16(17,18)19/h6-9,12H,4-5,10-11H2,1-3H3. The van der Waals surface area contributed by atoms with E-state index in [4.69, 9.17) is 0 Å². The monoisotopic (exact) mass is 301 g/mol. The van der Waals surface area contributed by atoms with Crippen LogP contribution < -0.4 is 0 Å². The van der Waals surface area contributed by atoms with Crippen molar-refractivity contribution in [3.63, 3.8) is 0 Å². The SMILES string of the molecule is CCCCN(CC(C)C)C(=O)c1ccc(C(F)(F)F)cc1. The van der Waals surface area contributed by atoms with Gasteiger partial charge < -0.3 is 4.90 Å². The fourth-order valence-corrected chi connectivity index (χ4v) is 2.05. The van der Waals surface area contributed by atoms with E-state index in [1.54, 1.807) is 4.90 Å². The highest BCUT2D eigenvalue weighted by molar-refractivity contribution is 5.94. The molecule has 0 bridgehead atoms. The Hall–Kier alpha value is -1.52. The maximum atomic E-state index is 12.5. The third kappa shape index (κ3) is 5.40. The van der Waals surface area contributed by atoms with Crippen LogP contribution in [0.3, 0.4) is 0 Å². The Morgan fingerprint density at radius 3 is 2.19 bits per heavy atom. The molecule has 0 fully saturated rings. The van der Waals surface area contributed by atoms with Gasteiger partial charge in [0.25, 0.3) is 5.91 Å². The number of amides is 1. The van der Waals surface area contributed by atoms with Crippen LogP contribution in [0.1, 0.15) is 49.5 Å². The zero-order valence-electron chi connectivity index (χ0n) is 12.7. The number of halogens is 3. The van der Waals surface area contributed by atoms with Crippen molar-refractivity contribution in [3.8, 4) is 0 Å². The first-order valence-corrected chi connectivity index (χ1v) is 7.22. The fourth-order valence-electron chi connectivity index (χ4n) is 2.05. The van der Waals surface area contributed by atoms with E-state index in [2.05, 4.69) is 0 Å². The van der Waals surface area contributed by atoms with Gasteiger partial charge in [0.05, 0.1) is 5.56 Å². The summed E-state index contributed by atoms with van der Waals surface area (Å²) in [5.41, 5.74) is -0.428. The Morgan fingerprint density at radius 2 is 1.76 bits per heavy atom. The summed E-state index contributed by atoms with van der Waals surface area (Å²) in [7, 11) is 0. The molecule has 0 N–H and O–H groups in total. The molecule has 0 heterocycles. The van der Waals surface area contributed by atoms with Gasteiger partial charge in [0.15, 0.2) is 0 Å². The second-order valence-electron chi connectivity index (χ2n) is 5.57. The fraction of sp³-hybridized carbons (Fsp3) is 0.562. The van der Waals surface area contributed by atoms with Gasteiger partial charge in [0.2, 0.25) is 0 Å². The van der Waals surface area contributed by atoms with Crippen molar-refractivity contribution in [2.45, 2.75) is 39.8 Å². The first-order chi connectivity index (χ1) is 9.75. The molecule has 0 radical (unpaired) electrons. The highest BCUT2D eigenvalue weighted by Gasteiger charge is 2.30. The maximum Gasteiger partial charge on any atom is 0.416 e. The van der Waals surface area contributed by atoms with E-state index in [1.165, 1.54) is 12.1 Å². The molecule has 1 amide bonds. The van der Waals surface area contributed by atoms with Gasteiger partial charge in [-0.1, -0.05) is 27.2 Å². The second-order valence-corrected chi connectivity index (χ2v) is 5.57. The van der Waals surface area contributed by atoms with Crippen molar-refractivity contribution in [1.29, 1.82) is 0 Å². The lowest BCUT2D eigenvalue weighted by Crippen LogP contribution is -2.35. The Labute approximate surface area is 123 Å². The summed E-state index contributed by atoms with van der Waals surface area (Å²) in [6.07, 6.45) is -2.52. The van der Waals surface area contributed by atoms with Gasteiger partial charge >= 0.3 is 6.18 Å². The predicted octanol–water partition coefficient (Wildman–Crippen LogP) is 4.60. The molecule has 5 heteroatoms. The van der Waals surface area contributed by atoms with Crippen LogP contribution >= 0.6 is 0 Å². The number of carbonyl (C=O) groups excluding carboxylic acids is 1. The molecule has 1 rings (SSSR count). The Kier molecular flexibility index (Phi) is 6.24. The summed E-state index contributed by atoms with van der Waals surface area (Å²) in [6.45, 7) is 7.31. The number of rotatable bonds is 6. The molecule has 0 aromatic heterocycles. The molecule has 0 spiro atoms. The van der Waals surface area contributed by atoms with E-state index in [1.807, 2.05) is 20.8 Å². The van der Waals surface area contributed by atoms with E-state index < -0.39 is 11.7 Å². The number of benzene rings is 1. The third-order valence-electron chi connectivity index (χ3n) is 3.11. The van der Waals surface area contributed by atoms with Crippen molar-refractivity contribution in [2.24, 2.45) is 5.92 Å². The first-order valence-electron chi connectivity index (χ1n) is 7.22. The molecule has 21 heavy (non-hydrogen) atoms. The van der Waals surface area contributed by atoms with Gasteiger partial charge in [0, 0.05) is 18.7 Å². The zero-order chi connectivity index (χ0) is 16.0. The van der Waals surface area contributed by atoms with Gasteiger partial charge in [-0.15, -0.1) is 0 Å². The lowest BCUT2D eigenvalue weighted by molar-refractivity contribution is -0.137. The number of unbranched alkanes of at least 4 members (excludes halogenated alkanes) is 1. The van der Waals surface area contributed by atoms with Crippen molar-refractivity contribution in [3.05, 3.63) is 35.4 Å². The van der Waals surface area contributed by atoms with Crippen molar-refractivity contribution in [2.75, 3.05) is 13.1 Å². The number of nitrogens with zero attached hydrogens (tertiary/aromatic N) is 1. The van der Waals surface area contributed by atoms with Gasteiger partial charge in [-0.2, -0.15) is 13.2 Å². The molecule has 0 atom stereocenters. The Balaban J connectivity index is 2.87. The average Bonchev–Trinajstić information content (AvgIpc) is 2.41. The highest BCUT2D eigenvalue weighted by Crippen LogP contribution is 2.29. The predicted molar refractivity (Wildman–Crippen MR) is 77.1 cm³/mol. The number of hydrogen-bond acceptors (Lipinski definition) is 1. The molecule has 118 valence electrons. The molecule has 0 saturated heterocycles. The van der Waals surface area contributed by atoms with Crippen LogP contribution in [0.4, 0.5) is 13.2 Å². The summed E-state index contributed by atoms with van der Waals surface area (Å²) in [5.74, 6) is 0.117. The van der Waals surface area contributed by atoms with E-state index in [0.717, 1.165) is 25.0 Å². The molecule has 0 aliphatic carbocycles. The van der Waals surface area contributed by atoms with Crippen LogP contribution in [-0.4, -0.2) is 23.9 Å². The molecule has 0 unspecified atom stereocenters. The van der Waals surface area contributed by atoms with E-state index in [0.29, 0.717) is 24.6 Å². The van der Waals surface area contributed by atoms with Gasteiger partial charge in [-0.3, -0.25) is 4.79 Å². The van der Waals surface area contributed by atoms with Crippen molar-refractivity contribution in [1.82, 2.24) is 4.90 Å². The van der Waals surface area contributed by atoms with Crippen LogP contribution in [0.5, 0.6) is 0 Å². The van der Waals surface area contributed by atoms with E-state index in [-0.39, 0.29) is 5.91 Å². The molecule has 0 aliphatic heterocycles. The number of carbonyl (C=O) groups is 1. The summed E-state index contributed by atoms with van der Waals surface area (Å²) in [4.78, 5) is 14.1. The Bertz CT molecular complexity index is 452. The van der Waals surface area contributed by atoms with E-state index in [9.17, 15) is 18.0 Å². The molecule has 2 nitrogen and oxygen atoms in total. The zero-order valence-corrected chi connectivity index (χ0v) is 12.7. The van der Waals surface area contributed by atoms with Crippen LogP contribution in [-0.2, 0) is 6.18 Å². The van der Waals surface area contributed by atoms with Crippen molar-refractivity contribution < 1.29 is 18.0 Å². The lowest BCUT2D eigenvalue weighted by atomic mass is 10.1. The van der Waals surface area contributed by atoms with Gasteiger partial charge in [-0.05, 0) is 36.6 Å². The summed E-state index contributed by atoms with van der Waals surface area (Å²) in [5, 5.41) is 0. The summed E-state index contributed by atoms with van der Waals surface area (Å²) >= 11 is 0. The normalized spacial score (nSPS) is 11.8. The number of hydrogen-bond donors (Lipinski definition) is 0. The second kappa shape index (κ2) is 7.48. The third-order valence-corrected chi connectivity index (χ3v) is 3.11. The van der Waals surface area contributed by atoms with Crippen LogP contribution in [0.25, 0.3) is 0 Å². The first kappa shape index (κ1) is 17.5. The highest BCUT2D eigenvalue weighted by atomic mass is 19.4. The lowest BCUT2D eigenvalue weighted by Gasteiger charge is -2.24. The number of alkyl halides is 3. The minimum atomic E-state index is -4.37. The van der Waals surface area contributed by atoms with Crippen LogP contribution in [0.15, 0.2) is 24.3 Å². The average molecular weight is 301 g/mol. The molecule has 0 aliphatic rings. The van der Waals surface area contributed by atoms with E-state index >= 15 is 0 Å². The Morgan fingerprint density at radius 1 is 1.19 bits per heavy atom. The largest absolute Gasteiger partial charge is 0.416 e. The van der Waals surface area contributed by atoms with Gasteiger partial charge in [-0.25, -0.2) is 0 Å². The smallest absolute Gasteiger partial charge is 0.338 e. The summed E-state index contributed by atoms with van der Waals surface area (Å²) in [6, 6.07) is 4.43. The van der Waals surface area contributed by atoms with Crippen LogP contribution in [0.2, 0.25) is 0 Å². The minimum Gasteiger partial charge on any atom is -0.338 e. The topological polar surface area (TPSA) is 20.3 Å². The molecule has 1 aromatic carbocycles. The molecule has 1 aromatic rings. The van der Waals surface area contributed by atoms with Crippen molar-refractivity contribution >= 4 is 5.91 Å². The van der Waals surface area contributed by atoms with Crippen LogP contribution in [0, 0.1) is 5.92 Å². The quantitative estimate of drug-likeness (QED) is 0.751. The maximum absolute atomic E-state index is 12.5. The summed E-state index contributed by atoms with van der Waals surface area (Å²) < 4.78 is 37.6. The molecule has 0 saturated carbocycles. The van der Waals surface area contributed by atoms with Gasteiger partial charge in [0.1, 0.15) is 0 Å².